The summed E-state index contributed by atoms with van der Waals surface area (Å²) in [6.45, 7) is 9.13. The summed E-state index contributed by atoms with van der Waals surface area (Å²) in [5.74, 6) is -0.436. The molecule has 1 aliphatic rings. The second-order valence-electron chi connectivity index (χ2n) is 16.6. The molecule has 59 heavy (non-hydrogen) atoms. The molecule has 1 heterocycles. The highest BCUT2D eigenvalue weighted by molar-refractivity contribution is 5.79. The van der Waals surface area contributed by atoms with Gasteiger partial charge in [0.15, 0.2) is 12.1 Å². The highest BCUT2D eigenvalue weighted by Gasteiger charge is 2.23. The standard InChI is InChI=1S/C49H89NO9/c1-5-8-11-14-17-18-19-20-21-22-23-24-25-26-29-32-44(51)41-56-46(43-58-49(53)59-45-35-37-50(4)38-36-45)42-57-47(52)33-34-48(54-39-30-27-15-12-9-6-2)55-40-31-28-16-13-10-7-3/h17-18,20-21,45-46,48H,5-16,19,22-43H2,1-4H3/b18-17-,21-20-. The first-order valence-corrected chi connectivity index (χ1v) is 24.2. The van der Waals surface area contributed by atoms with Crippen molar-refractivity contribution >= 4 is 17.9 Å². The molecule has 0 radical (unpaired) electrons. The monoisotopic (exact) mass is 836 g/mol. The van der Waals surface area contributed by atoms with E-state index in [0.717, 1.165) is 96.6 Å². The van der Waals surface area contributed by atoms with Gasteiger partial charge < -0.3 is 33.3 Å². The van der Waals surface area contributed by atoms with E-state index in [0.29, 0.717) is 26.1 Å². The lowest BCUT2D eigenvalue weighted by Crippen LogP contribution is -2.36. The van der Waals surface area contributed by atoms with Crippen LogP contribution in [0.5, 0.6) is 0 Å². The molecule has 0 aromatic rings. The first-order chi connectivity index (χ1) is 28.9. The number of likely N-dealkylation sites (tertiary alicyclic amines) is 1. The number of hydrogen-bond donors (Lipinski definition) is 0. The van der Waals surface area contributed by atoms with Crippen molar-refractivity contribution in [2.45, 2.75) is 219 Å². The Labute approximate surface area is 361 Å². The van der Waals surface area contributed by atoms with Gasteiger partial charge in [-0.05, 0) is 71.3 Å². The highest BCUT2D eigenvalue weighted by atomic mass is 16.7. The van der Waals surface area contributed by atoms with Crippen LogP contribution in [0.4, 0.5) is 4.79 Å². The molecule has 1 fully saturated rings. The zero-order chi connectivity index (χ0) is 42.9. The Morgan fingerprint density at radius 1 is 0.593 bits per heavy atom. The number of carbonyl (C=O) groups excluding carboxylic acids is 3. The Morgan fingerprint density at radius 2 is 1.10 bits per heavy atom. The number of nitrogens with zero attached hydrogens (tertiary/aromatic N) is 1. The van der Waals surface area contributed by atoms with E-state index in [1.807, 2.05) is 7.05 Å². The maximum absolute atomic E-state index is 12.9. The van der Waals surface area contributed by atoms with Crippen LogP contribution in [-0.2, 0) is 38.0 Å². The number of ether oxygens (including phenoxy) is 6. The molecule has 1 atom stereocenters. The van der Waals surface area contributed by atoms with Crippen LogP contribution in [0.15, 0.2) is 24.3 Å². The van der Waals surface area contributed by atoms with E-state index in [-0.39, 0.29) is 38.1 Å². The van der Waals surface area contributed by atoms with Crippen LogP contribution in [0.1, 0.15) is 201 Å². The minimum atomic E-state index is -0.791. The van der Waals surface area contributed by atoms with E-state index in [4.69, 9.17) is 28.4 Å². The fourth-order valence-corrected chi connectivity index (χ4v) is 6.90. The fourth-order valence-electron chi connectivity index (χ4n) is 6.90. The van der Waals surface area contributed by atoms with Crippen LogP contribution in [0.25, 0.3) is 0 Å². The molecule has 0 spiro atoms. The number of rotatable bonds is 41. The second kappa shape index (κ2) is 41.1. The Kier molecular flexibility index (Phi) is 38.1. The molecule has 1 aliphatic heterocycles. The van der Waals surface area contributed by atoms with Gasteiger partial charge in [-0.1, -0.05) is 141 Å². The van der Waals surface area contributed by atoms with Crippen LogP contribution >= 0.6 is 0 Å². The minimum Gasteiger partial charge on any atom is -0.463 e. The van der Waals surface area contributed by atoms with Crippen molar-refractivity contribution < 1.29 is 42.8 Å². The molecule has 1 rings (SSSR count). The van der Waals surface area contributed by atoms with Gasteiger partial charge in [-0.3, -0.25) is 9.59 Å². The first kappa shape index (κ1) is 54.7. The molecule has 0 saturated carbocycles. The summed E-state index contributed by atoms with van der Waals surface area (Å²) in [7, 11) is 2.04. The van der Waals surface area contributed by atoms with Crippen molar-refractivity contribution in [2.75, 3.05) is 53.2 Å². The maximum Gasteiger partial charge on any atom is 0.508 e. The Morgan fingerprint density at radius 3 is 1.71 bits per heavy atom. The van der Waals surface area contributed by atoms with Gasteiger partial charge in [0.05, 0.1) is 6.42 Å². The molecule has 0 aromatic carbocycles. The minimum absolute atomic E-state index is 0.0197. The molecule has 0 bridgehead atoms. The SMILES string of the molecule is CCCCC/C=C\C/C=C\CCCCCCCC(=O)COC(COC(=O)CCC(OCCCCCCCC)OCCCCCCCC)COC(=O)OC1CCN(C)CC1. The van der Waals surface area contributed by atoms with Crippen LogP contribution < -0.4 is 0 Å². The third kappa shape index (κ3) is 36.1. The topological polar surface area (TPSA) is 110 Å². The van der Waals surface area contributed by atoms with Crippen LogP contribution in [0, 0.1) is 0 Å². The lowest BCUT2D eigenvalue weighted by molar-refractivity contribution is -0.162. The summed E-state index contributed by atoms with van der Waals surface area (Å²) in [5.41, 5.74) is 0. The molecule has 10 nitrogen and oxygen atoms in total. The average molecular weight is 836 g/mol. The normalized spacial score (nSPS) is 14.5. The molecule has 0 aliphatic carbocycles. The molecule has 0 aromatic heterocycles. The summed E-state index contributed by atoms with van der Waals surface area (Å²) in [6.07, 6.45) is 35.7. The third-order valence-electron chi connectivity index (χ3n) is 10.8. The number of hydrogen-bond acceptors (Lipinski definition) is 10. The van der Waals surface area contributed by atoms with Gasteiger partial charge in [0.25, 0.3) is 0 Å². The lowest BCUT2D eigenvalue weighted by Gasteiger charge is -2.28. The van der Waals surface area contributed by atoms with E-state index in [1.54, 1.807) is 0 Å². The van der Waals surface area contributed by atoms with Crippen molar-refractivity contribution in [1.29, 1.82) is 0 Å². The number of Topliss-reactive ketones (excluding diaryl/α,β-unsaturated/α-hetero) is 1. The number of ketones is 1. The van der Waals surface area contributed by atoms with Crippen molar-refractivity contribution in [2.24, 2.45) is 0 Å². The maximum atomic E-state index is 12.9. The number of carbonyl (C=O) groups is 3. The predicted molar refractivity (Wildman–Crippen MR) is 240 cm³/mol. The van der Waals surface area contributed by atoms with Crippen molar-refractivity contribution in [3.63, 3.8) is 0 Å². The summed E-state index contributed by atoms with van der Waals surface area (Å²) in [5, 5.41) is 0. The second-order valence-corrected chi connectivity index (χ2v) is 16.6. The largest absolute Gasteiger partial charge is 0.508 e. The van der Waals surface area contributed by atoms with E-state index >= 15 is 0 Å². The Balaban J connectivity index is 2.51. The quantitative estimate of drug-likeness (QED) is 0.0255. The smallest absolute Gasteiger partial charge is 0.463 e. The molecule has 10 heteroatoms. The van der Waals surface area contributed by atoms with Gasteiger partial charge >= 0.3 is 12.1 Å². The number of esters is 1. The van der Waals surface area contributed by atoms with Crippen molar-refractivity contribution in [3.8, 4) is 0 Å². The number of allylic oxidation sites excluding steroid dienone is 4. The molecular formula is C49H89NO9. The van der Waals surface area contributed by atoms with E-state index < -0.39 is 24.5 Å². The average Bonchev–Trinajstić information content (AvgIpc) is 3.23. The van der Waals surface area contributed by atoms with Gasteiger partial charge in [-0.15, -0.1) is 0 Å². The van der Waals surface area contributed by atoms with Gasteiger partial charge in [0.1, 0.15) is 32.0 Å². The van der Waals surface area contributed by atoms with Crippen LogP contribution in [0.2, 0.25) is 0 Å². The van der Waals surface area contributed by atoms with Crippen LogP contribution in [-0.4, -0.2) is 94.5 Å². The summed E-state index contributed by atoms with van der Waals surface area (Å²) in [6, 6.07) is 0. The zero-order valence-electron chi connectivity index (χ0n) is 38.4. The molecule has 1 unspecified atom stereocenters. The fraction of sp³-hybridized carbons (Fsp3) is 0.857. The zero-order valence-corrected chi connectivity index (χ0v) is 38.4. The molecule has 344 valence electrons. The molecule has 1 saturated heterocycles. The predicted octanol–water partition coefficient (Wildman–Crippen LogP) is 12.4. The Bertz CT molecular complexity index is 1020. The summed E-state index contributed by atoms with van der Waals surface area (Å²) < 4.78 is 34.6. The highest BCUT2D eigenvalue weighted by Crippen LogP contribution is 2.15. The molecular weight excluding hydrogens is 747 g/mol. The molecule has 0 N–H and O–H groups in total. The molecule has 0 amide bonds. The van der Waals surface area contributed by atoms with Crippen LogP contribution in [0.3, 0.4) is 0 Å². The first-order valence-electron chi connectivity index (χ1n) is 24.2. The van der Waals surface area contributed by atoms with Crippen molar-refractivity contribution in [1.82, 2.24) is 4.90 Å². The van der Waals surface area contributed by atoms with Gasteiger partial charge in [0, 0.05) is 39.1 Å². The van der Waals surface area contributed by atoms with E-state index in [2.05, 4.69) is 50.0 Å². The third-order valence-corrected chi connectivity index (χ3v) is 10.8. The van der Waals surface area contributed by atoms with Gasteiger partial charge in [0.2, 0.25) is 0 Å². The Hall–Kier alpha value is -2.27. The van der Waals surface area contributed by atoms with Gasteiger partial charge in [-0.2, -0.15) is 0 Å². The number of piperidine rings is 1. The number of unbranched alkanes of at least 4 members (excludes halogenated alkanes) is 18. The van der Waals surface area contributed by atoms with Gasteiger partial charge in [-0.25, -0.2) is 4.79 Å². The van der Waals surface area contributed by atoms with Crippen molar-refractivity contribution in [3.05, 3.63) is 24.3 Å². The van der Waals surface area contributed by atoms with E-state index in [1.165, 1.54) is 77.0 Å². The lowest BCUT2D eigenvalue weighted by atomic mass is 10.1. The summed E-state index contributed by atoms with van der Waals surface area (Å²) >= 11 is 0. The summed E-state index contributed by atoms with van der Waals surface area (Å²) in [4.78, 5) is 40.4. The van der Waals surface area contributed by atoms with E-state index in [9.17, 15) is 14.4 Å².